The van der Waals surface area contributed by atoms with Crippen molar-refractivity contribution in [2.75, 3.05) is 6.54 Å². The van der Waals surface area contributed by atoms with Crippen LogP contribution in [-0.4, -0.2) is 12.6 Å². The first-order valence-corrected chi connectivity index (χ1v) is 3.46. The van der Waals surface area contributed by atoms with Gasteiger partial charge in [0.2, 0.25) is 0 Å². The Labute approximate surface area is 68.0 Å². The van der Waals surface area contributed by atoms with Crippen LogP contribution in [0, 0.1) is 17.2 Å². The van der Waals surface area contributed by atoms with E-state index < -0.39 is 0 Å². The lowest BCUT2D eigenvalue weighted by Crippen LogP contribution is -2.36. The third-order valence-electron chi connectivity index (χ3n) is 1.84. The summed E-state index contributed by atoms with van der Waals surface area (Å²) >= 11 is 0. The molecule has 0 aliphatic carbocycles. The first-order valence-electron chi connectivity index (χ1n) is 3.46. The lowest BCUT2D eigenvalue weighted by atomic mass is 9.97. The summed E-state index contributed by atoms with van der Waals surface area (Å²) in [5.41, 5.74) is 0. The van der Waals surface area contributed by atoms with E-state index in [9.17, 15) is 0 Å². The number of nitrogens with one attached hydrogen (secondary N) is 1. The molecule has 0 aromatic carbocycles. The lowest BCUT2D eigenvalue weighted by Gasteiger charge is -2.22. The Kier molecular flexibility index (Phi) is 4.42. The van der Waals surface area contributed by atoms with Crippen molar-refractivity contribution >= 4 is 12.4 Å². The minimum absolute atomic E-state index is 0. The van der Waals surface area contributed by atoms with Gasteiger partial charge in [-0.15, -0.1) is 12.4 Å². The number of hydrogen-bond donors (Lipinski definition) is 1. The van der Waals surface area contributed by atoms with Crippen LogP contribution in [0.5, 0.6) is 0 Å². The van der Waals surface area contributed by atoms with Crippen molar-refractivity contribution in [1.29, 1.82) is 5.26 Å². The van der Waals surface area contributed by atoms with Crippen molar-refractivity contribution in [3.05, 3.63) is 0 Å². The van der Waals surface area contributed by atoms with Crippen LogP contribution in [0.2, 0.25) is 0 Å². The average Bonchev–Trinajstić information content (AvgIpc) is 1.90. The van der Waals surface area contributed by atoms with E-state index >= 15 is 0 Å². The second-order valence-electron chi connectivity index (χ2n) is 2.71. The van der Waals surface area contributed by atoms with Gasteiger partial charge in [-0.05, 0) is 19.8 Å². The van der Waals surface area contributed by atoms with Gasteiger partial charge >= 0.3 is 0 Å². The highest BCUT2D eigenvalue weighted by Crippen LogP contribution is 2.11. The fourth-order valence-electron chi connectivity index (χ4n) is 1.11. The van der Waals surface area contributed by atoms with E-state index in [1.54, 1.807) is 0 Å². The molecule has 0 amide bonds. The summed E-state index contributed by atoms with van der Waals surface area (Å²) < 4.78 is 0. The summed E-state index contributed by atoms with van der Waals surface area (Å²) in [5.74, 6) is 0.265. The van der Waals surface area contributed by atoms with Crippen molar-refractivity contribution < 1.29 is 0 Å². The zero-order chi connectivity index (χ0) is 6.69. The molecule has 0 radical (unpaired) electrons. The third-order valence-corrected chi connectivity index (χ3v) is 1.84. The van der Waals surface area contributed by atoms with Crippen LogP contribution in [0.25, 0.3) is 0 Å². The van der Waals surface area contributed by atoms with Gasteiger partial charge in [-0.3, -0.25) is 0 Å². The molecule has 0 bridgehead atoms. The molecule has 1 N–H and O–H groups in total. The van der Waals surface area contributed by atoms with Gasteiger partial charge in [0.1, 0.15) is 0 Å². The zero-order valence-electron chi connectivity index (χ0n) is 6.13. The number of piperidine rings is 1. The normalized spacial score (nSPS) is 32.0. The fourth-order valence-corrected chi connectivity index (χ4v) is 1.11. The van der Waals surface area contributed by atoms with E-state index in [0.29, 0.717) is 6.04 Å². The Hall–Kier alpha value is -0.260. The minimum Gasteiger partial charge on any atom is -0.313 e. The summed E-state index contributed by atoms with van der Waals surface area (Å²) in [6.07, 6.45) is 2.23. The van der Waals surface area contributed by atoms with Gasteiger partial charge in [-0.25, -0.2) is 0 Å². The molecule has 0 spiro atoms. The molecular weight excluding hydrogens is 148 g/mol. The van der Waals surface area contributed by atoms with E-state index in [-0.39, 0.29) is 18.3 Å². The number of nitriles is 1. The van der Waals surface area contributed by atoms with Crippen molar-refractivity contribution in [3.63, 3.8) is 0 Å². The Morgan fingerprint density at radius 1 is 1.50 bits per heavy atom. The number of nitrogens with zero attached hydrogens (tertiary/aromatic N) is 1. The minimum atomic E-state index is 0. The molecule has 1 aliphatic heterocycles. The van der Waals surface area contributed by atoms with Crippen molar-refractivity contribution in [1.82, 2.24) is 5.32 Å². The van der Waals surface area contributed by atoms with Gasteiger partial charge < -0.3 is 5.32 Å². The first kappa shape index (κ1) is 9.74. The zero-order valence-corrected chi connectivity index (χ0v) is 6.95. The quantitative estimate of drug-likeness (QED) is 0.580. The van der Waals surface area contributed by atoms with Crippen molar-refractivity contribution in [3.8, 4) is 6.07 Å². The summed E-state index contributed by atoms with van der Waals surface area (Å²) in [5, 5.41) is 11.7. The standard InChI is InChI=1S/C7H12N2.ClH/c1-6-2-3-7(4-8)5-9-6;/h6-7,9H,2-3,5H2,1H3;1H/t6-,7-;/m0./s1. The molecular formula is C7H13ClN2. The number of halogens is 1. The molecule has 0 aromatic heterocycles. The van der Waals surface area contributed by atoms with E-state index in [4.69, 9.17) is 5.26 Å². The second-order valence-corrected chi connectivity index (χ2v) is 2.71. The molecule has 2 atom stereocenters. The van der Waals surface area contributed by atoms with Crippen molar-refractivity contribution in [2.45, 2.75) is 25.8 Å². The van der Waals surface area contributed by atoms with E-state index in [1.807, 2.05) is 0 Å². The molecule has 1 fully saturated rings. The van der Waals surface area contributed by atoms with Crippen LogP contribution in [-0.2, 0) is 0 Å². The Morgan fingerprint density at radius 3 is 2.60 bits per heavy atom. The first-order chi connectivity index (χ1) is 4.33. The molecule has 1 aliphatic rings. The Balaban J connectivity index is 0.000000810. The molecule has 0 saturated carbocycles. The largest absolute Gasteiger partial charge is 0.313 e. The van der Waals surface area contributed by atoms with E-state index in [2.05, 4.69) is 18.3 Å². The van der Waals surface area contributed by atoms with Crippen LogP contribution >= 0.6 is 12.4 Å². The molecule has 10 heavy (non-hydrogen) atoms. The highest BCUT2D eigenvalue weighted by molar-refractivity contribution is 5.85. The van der Waals surface area contributed by atoms with Gasteiger partial charge in [-0.2, -0.15) is 5.26 Å². The maximum Gasteiger partial charge on any atom is 0.0669 e. The van der Waals surface area contributed by atoms with Crippen LogP contribution in [0.15, 0.2) is 0 Å². The molecule has 1 heterocycles. The van der Waals surface area contributed by atoms with Gasteiger partial charge in [0, 0.05) is 12.6 Å². The second kappa shape index (κ2) is 4.54. The Morgan fingerprint density at radius 2 is 2.20 bits per heavy atom. The molecule has 2 nitrogen and oxygen atoms in total. The summed E-state index contributed by atoms with van der Waals surface area (Å²) in [6, 6.07) is 2.88. The highest BCUT2D eigenvalue weighted by atomic mass is 35.5. The van der Waals surface area contributed by atoms with Gasteiger partial charge in [0.25, 0.3) is 0 Å². The van der Waals surface area contributed by atoms with Crippen LogP contribution in [0.4, 0.5) is 0 Å². The van der Waals surface area contributed by atoms with Crippen LogP contribution in [0.3, 0.4) is 0 Å². The van der Waals surface area contributed by atoms with Crippen molar-refractivity contribution in [2.24, 2.45) is 5.92 Å². The van der Waals surface area contributed by atoms with Crippen LogP contribution < -0.4 is 5.32 Å². The van der Waals surface area contributed by atoms with Gasteiger partial charge in [0.05, 0.1) is 12.0 Å². The third kappa shape index (κ3) is 2.55. The molecule has 1 rings (SSSR count). The number of hydrogen-bond acceptors (Lipinski definition) is 2. The smallest absolute Gasteiger partial charge is 0.0669 e. The van der Waals surface area contributed by atoms with Crippen LogP contribution in [0.1, 0.15) is 19.8 Å². The molecule has 0 aromatic rings. The summed E-state index contributed by atoms with van der Waals surface area (Å²) in [7, 11) is 0. The molecule has 0 unspecified atom stereocenters. The number of rotatable bonds is 0. The summed E-state index contributed by atoms with van der Waals surface area (Å²) in [4.78, 5) is 0. The van der Waals surface area contributed by atoms with E-state index in [1.165, 1.54) is 0 Å². The van der Waals surface area contributed by atoms with Gasteiger partial charge in [0.15, 0.2) is 0 Å². The fraction of sp³-hybridized carbons (Fsp3) is 0.857. The topological polar surface area (TPSA) is 35.8 Å². The average molecular weight is 161 g/mol. The molecule has 1 saturated heterocycles. The Bertz CT molecular complexity index is 122. The lowest BCUT2D eigenvalue weighted by molar-refractivity contribution is 0.372. The monoisotopic (exact) mass is 160 g/mol. The predicted molar refractivity (Wildman–Crippen MR) is 43.0 cm³/mol. The molecule has 3 heteroatoms. The van der Waals surface area contributed by atoms with E-state index in [0.717, 1.165) is 19.4 Å². The predicted octanol–water partition coefficient (Wildman–Crippen LogP) is 1.32. The highest BCUT2D eigenvalue weighted by Gasteiger charge is 2.15. The summed E-state index contributed by atoms with van der Waals surface area (Å²) in [6.45, 7) is 3.05. The maximum absolute atomic E-state index is 8.49. The SMILES string of the molecule is C[C@H]1CC[C@@H](C#N)CN1.Cl. The van der Waals surface area contributed by atoms with Gasteiger partial charge in [-0.1, -0.05) is 0 Å². The maximum atomic E-state index is 8.49. The molecule has 58 valence electrons.